The number of fused-ring (bicyclic) bond motifs is 1. The van der Waals surface area contributed by atoms with Gasteiger partial charge in [-0.05, 0) is 31.0 Å². The molecule has 0 saturated carbocycles. The molecule has 2 rings (SSSR count). The van der Waals surface area contributed by atoms with Crippen molar-refractivity contribution in [2.24, 2.45) is 11.7 Å². The van der Waals surface area contributed by atoms with Crippen molar-refractivity contribution in [1.82, 2.24) is 5.32 Å². The van der Waals surface area contributed by atoms with Crippen LogP contribution in [-0.2, 0) is 17.6 Å². The molecular formula is C15H22N2O3. The maximum absolute atomic E-state index is 11.8. The predicted octanol–water partition coefficient (Wildman–Crippen LogP) is 0.882. The number of hydrogen-bond donors (Lipinski definition) is 2. The molecule has 20 heavy (non-hydrogen) atoms. The lowest BCUT2D eigenvalue weighted by Gasteiger charge is -2.16. The van der Waals surface area contributed by atoms with Gasteiger partial charge >= 0.3 is 0 Å². The van der Waals surface area contributed by atoms with Gasteiger partial charge in [-0.2, -0.15) is 0 Å². The first-order valence-electron chi connectivity index (χ1n) is 6.87. The van der Waals surface area contributed by atoms with Crippen LogP contribution in [0.15, 0.2) is 12.1 Å². The molecule has 2 atom stereocenters. The minimum atomic E-state index is -0.259. The summed E-state index contributed by atoms with van der Waals surface area (Å²) in [5.41, 5.74) is 7.80. The van der Waals surface area contributed by atoms with Crippen molar-refractivity contribution in [1.29, 1.82) is 0 Å². The quantitative estimate of drug-likeness (QED) is 0.838. The van der Waals surface area contributed by atoms with E-state index in [1.54, 1.807) is 14.2 Å². The van der Waals surface area contributed by atoms with Gasteiger partial charge in [0.1, 0.15) is 17.6 Å². The standard InChI is InChI=1S/C15H22N2O3/c1-9-4-10-6-13(19-3)11(7-14(10)20-9)5-12(8-16)15(18)17-2/h6-7,9,12H,4-5,8,16H2,1-3H3,(H,17,18). The van der Waals surface area contributed by atoms with Crippen molar-refractivity contribution in [2.75, 3.05) is 20.7 Å². The van der Waals surface area contributed by atoms with Crippen LogP contribution in [0, 0.1) is 5.92 Å². The van der Waals surface area contributed by atoms with E-state index in [1.165, 1.54) is 0 Å². The number of nitrogens with one attached hydrogen (secondary N) is 1. The second kappa shape index (κ2) is 6.13. The van der Waals surface area contributed by atoms with Crippen molar-refractivity contribution in [3.8, 4) is 11.5 Å². The van der Waals surface area contributed by atoms with Crippen molar-refractivity contribution >= 4 is 5.91 Å². The van der Waals surface area contributed by atoms with E-state index in [2.05, 4.69) is 5.32 Å². The Morgan fingerprint density at radius 1 is 1.60 bits per heavy atom. The second-order valence-electron chi connectivity index (χ2n) is 5.16. The molecule has 1 heterocycles. The average Bonchev–Trinajstić information content (AvgIpc) is 2.81. The lowest BCUT2D eigenvalue weighted by molar-refractivity contribution is -0.124. The lowest BCUT2D eigenvalue weighted by Crippen LogP contribution is -2.34. The molecule has 1 aliphatic heterocycles. The third-order valence-electron chi connectivity index (χ3n) is 3.67. The zero-order valence-corrected chi connectivity index (χ0v) is 12.2. The number of carbonyl (C=O) groups excluding carboxylic acids is 1. The third-order valence-corrected chi connectivity index (χ3v) is 3.67. The van der Waals surface area contributed by atoms with Crippen molar-refractivity contribution in [3.63, 3.8) is 0 Å². The molecule has 0 radical (unpaired) electrons. The molecule has 5 nitrogen and oxygen atoms in total. The summed E-state index contributed by atoms with van der Waals surface area (Å²) >= 11 is 0. The van der Waals surface area contributed by atoms with Gasteiger partial charge in [-0.25, -0.2) is 0 Å². The Kier molecular flexibility index (Phi) is 4.49. The fourth-order valence-corrected chi connectivity index (χ4v) is 2.58. The van der Waals surface area contributed by atoms with E-state index in [9.17, 15) is 4.79 Å². The van der Waals surface area contributed by atoms with E-state index in [-0.39, 0.29) is 17.9 Å². The van der Waals surface area contributed by atoms with Gasteiger partial charge in [0, 0.05) is 25.6 Å². The number of rotatable bonds is 5. The maximum Gasteiger partial charge on any atom is 0.224 e. The molecule has 1 amide bonds. The molecule has 2 unspecified atom stereocenters. The van der Waals surface area contributed by atoms with Crippen molar-refractivity contribution < 1.29 is 14.3 Å². The van der Waals surface area contributed by atoms with Gasteiger partial charge in [0.05, 0.1) is 13.0 Å². The Labute approximate surface area is 119 Å². The molecular weight excluding hydrogens is 256 g/mol. The van der Waals surface area contributed by atoms with Crippen LogP contribution in [-0.4, -0.2) is 32.7 Å². The summed E-state index contributed by atoms with van der Waals surface area (Å²) in [5.74, 6) is 1.37. The van der Waals surface area contributed by atoms with Crippen LogP contribution in [0.1, 0.15) is 18.1 Å². The van der Waals surface area contributed by atoms with E-state index < -0.39 is 0 Å². The van der Waals surface area contributed by atoms with Crippen LogP contribution in [0.3, 0.4) is 0 Å². The molecule has 0 aliphatic carbocycles. The monoisotopic (exact) mass is 278 g/mol. The summed E-state index contributed by atoms with van der Waals surface area (Å²) in [5, 5.41) is 2.64. The summed E-state index contributed by atoms with van der Waals surface area (Å²) in [6.07, 6.45) is 1.63. The Hall–Kier alpha value is -1.75. The summed E-state index contributed by atoms with van der Waals surface area (Å²) in [6.45, 7) is 2.34. The Balaban J connectivity index is 2.27. The largest absolute Gasteiger partial charge is 0.496 e. The highest BCUT2D eigenvalue weighted by molar-refractivity contribution is 5.79. The summed E-state index contributed by atoms with van der Waals surface area (Å²) < 4.78 is 11.2. The zero-order valence-electron chi connectivity index (χ0n) is 12.2. The molecule has 3 N–H and O–H groups in total. The van der Waals surface area contributed by atoms with Crippen LogP contribution in [0.4, 0.5) is 0 Å². The van der Waals surface area contributed by atoms with Crippen LogP contribution >= 0.6 is 0 Å². The molecule has 1 aromatic carbocycles. The zero-order chi connectivity index (χ0) is 14.7. The van der Waals surface area contributed by atoms with Gasteiger partial charge in [0.15, 0.2) is 0 Å². The van der Waals surface area contributed by atoms with Gasteiger partial charge < -0.3 is 20.5 Å². The van der Waals surface area contributed by atoms with Gasteiger partial charge in [-0.15, -0.1) is 0 Å². The van der Waals surface area contributed by atoms with E-state index in [1.807, 2.05) is 19.1 Å². The first-order chi connectivity index (χ1) is 9.58. The smallest absolute Gasteiger partial charge is 0.224 e. The fourth-order valence-electron chi connectivity index (χ4n) is 2.58. The number of methoxy groups -OCH3 is 1. The van der Waals surface area contributed by atoms with Crippen LogP contribution in [0.5, 0.6) is 11.5 Å². The average molecular weight is 278 g/mol. The summed E-state index contributed by atoms with van der Waals surface area (Å²) in [6, 6.07) is 3.98. The number of carbonyl (C=O) groups is 1. The van der Waals surface area contributed by atoms with Crippen LogP contribution < -0.4 is 20.5 Å². The SMILES string of the molecule is CNC(=O)C(CN)Cc1cc2c(cc1OC)CC(C)O2. The maximum atomic E-state index is 11.8. The number of amides is 1. The molecule has 0 aromatic heterocycles. The Morgan fingerprint density at radius 2 is 2.35 bits per heavy atom. The Bertz CT molecular complexity index is 502. The molecule has 0 saturated heterocycles. The number of hydrogen-bond acceptors (Lipinski definition) is 4. The third kappa shape index (κ3) is 2.88. The number of nitrogens with two attached hydrogens (primary N) is 1. The minimum absolute atomic E-state index is 0.0515. The van der Waals surface area contributed by atoms with E-state index >= 15 is 0 Å². The highest BCUT2D eigenvalue weighted by Gasteiger charge is 2.24. The van der Waals surface area contributed by atoms with Crippen molar-refractivity contribution in [2.45, 2.75) is 25.9 Å². The van der Waals surface area contributed by atoms with Gasteiger partial charge in [-0.1, -0.05) is 0 Å². The fraction of sp³-hybridized carbons (Fsp3) is 0.533. The molecule has 0 bridgehead atoms. The first kappa shape index (κ1) is 14.7. The molecule has 110 valence electrons. The van der Waals surface area contributed by atoms with E-state index in [0.29, 0.717) is 13.0 Å². The molecule has 0 spiro atoms. The normalized spacial score (nSPS) is 18.1. The molecule has 1 aliphatic rings. The highest BCUT2D eigenvalue weighted by Crippen LogP contribution is 2.35. The molecule has 5 heteroatoms. The van der Waals surface area contributed by atoms with E-state index in [0.717, 1.165) is 29.0 Å². The van der Waals surface area contributed by atoms with Gasteiger partial charge in [-0.3, -0.25) is 4.79 Å². The van der Waals surface area contributed by atoms with Crippen LogP contribution in [0.25, 0.3) is 0 Å². The van der Waals surface area contributed by atoms with Crippen LogP contribution in [0.2, 0.25) is 0 Å². The second-order valence-corrected chi connectivity index (χ2v) is 5.16. The van der Waals surface area contributed by atoms with E-state index in [4.69, 9.17) is 15.2 Å². The lowest BCUT2D eigenvalue weighted by atomic mass is 9.96. The number of benzene rings is 1. The molecule has 1 aromatic rings. The predicted molar refractivity (Wildman–Crippen MR) is 77.1 cm³/mol. The highest BCUT2D eigenvalue weighted by atomic mass is 16.5. The summed E-state index contributed by atoms with van der Waals surface area (Å²) in [7, 11) is 3.26. The number of ether oxygens (including phenoxy) is 2. The van der Waals surface area contributed by atoms with Gasteiger partial charge in [0.25, 0.3) is 0 Å². The van der Waals surface area contributed by atoms with Crippen molar-refractivity contribution in [3.05, 3.63) is 23.3 Å². The van der Waals surface area contributed by atoms with Gasteiger partial charge in [0.2, 0.25) is 5.91 Å². The minimum Gasteiger partial charge on any atom is -0.496 e. The Morgan fingerprint density at radius 3 is 2.95 bits per heavy atom. The molecule has 0 fully saturated rings. The topological polar surface area (TPSA) is 73.6 Å². The first-order valence-corrected chi connectivity index (χ1v) is 6.87. The summed E-state index contributed by atoms with van der Waals surface area (Å²) in [4.78, 5) is 11.8.